The van der Waals surface area contributed by atoms with Crippen molar-refractivity contribution in [2.24, 2.45) is 0 Å². The van der Waals surface area contributed by atoms with E-state index in [1.807, 2.05) is 19.1 Å². The number of hydrogen-bond donors (Lipinski definition) is 0. The molecule has 0 bridgehead atoms. The SMILES string of the molecule is CC(C)c1ccc(CC(C)c2c(F)cccc2F)cc1. The highest BCUT2D eigenvalue weighted by Crippen LogP contribution is 2.26. The van der Waals surface area contributed by atoms with E-state index in [1.54, 1.807) is 0 Å². The minimum atomic E-state index is -0.462. The molecule has 2 heteroatoms. The van der Waals surface area contributed by atoms with Crippen LogP contribution in [0, 0.1) is 11.6 Å². The first-order valence-corrected chi connectivity index (χ1v) is 7.01. The van der Waals surface area contributed by atoms with E-state index in [1.165, 1.54) is 23.8 Å². The molecule has 0 fully saturated rings. The fraction of sp³-hybridized carbons (Fsp3) is 0.333. The predicted octanol–water partition coefficient (Wildman–Crippen LogP) is 5.43. The summed E-state index contributed by atoms with van der Waals surface area (Å²) in [6.45, 7) is 6.15. The van der Waals surface area contributed by atoms with E-state index in [-0.39, 0.29) is 11.5 Å². The highest BCUT2D eigenvalue weighted by Gasteiger charge is 2.16. The molecule has 1 unspecified atom stereocenters. The van der Waals surface area contributed by atoms with Gasteiger partial charge in [0.2, 0.25) is 0 Å². The summed E-state index contributed by atoms with van der Waals surface area (Å²) in [5, 5.41) is 0. The third-order valence-electron chi connectivity index (χ3n) is 3.68. The van der Waals surface area contributed by atoms with Crippen LogP contribution in [0.3, 0.4) is 0 Å². The van der Waals surface area contributed by atoms with Gasteiger partial charge in [-0.15, -0.1) is 0 Å². The third kappa shape index (κ3) is 3.24. The van der Waals surface area contributed by atoms with Crippen molar-refractivity contribution in [3.05, 3.63) is 70.8 Å². The van der Waals surface area contributed by atoms with Crippen LogP contribution in [0.4, 0.5) is 8.78 Å². The van der Waals surface area contributed by atoms with Crippen LogP contribution < -0.4 is 0 Å². The Morgan fingerprint density at radius 1 is 0.850 bits per heavy atom. The zero-order valence-electron chi connectivity index (χ0n) is 12.2. The lowest BCUT2D eigenvalue weighted by Gasteiger charge is -2.14. The predicted molar refractivity (Wildman–Crippen MR) is 79.0 cm³/mol. The smallest absolute Gasteiger partial charge is 0.129 e. The van der Waals surface area contributed by atoms with Crippen molar-refractivity contribution in [2.45, 2.75) is 39.0 Å². The van der Waals surface area contributed by atoms with Crippen LogP contribution in [0.5, 0.6) is 0 Å². The Kier molecular flexibility index (Phi) is 4.53. The fourth-order valence-corrected chi connectivity index (χ4v) is 2.48. The van der Waals surface area contributed by atoms with E-state index in [9.17, 15) is 8.78 Å². The summed E-state index contributed by atoms with van der Waals surface area (Å²) < 4.78 is 27.5. The van der Waals surface area contributed by atoms with Gasteiger partial charge in [-0.1, -0.05) is 51.1 Å². The van der Waals surface area contributed by atoms with E-state index in [4.69, 9.17) is 0 Å². The second-order valence-corrected chi connectivity index (χ2v) is 5.64. The lowest BCUT2D eigenvalue weighted by Crippen LogP contribution is -2.04. The average molecular weight is 274 g/mol. The number of hydrogen-bond acceptors (Lipinski definition) is 0. The van der Waals surface area contributed by atoms with Crippen LogP contribution >= 0.6 is 0 Å². The fourth-order valence-electron chi connectivity index (χ4n) is 2.48. The van der Waals surface area contributed by atoms with Crippen molar-refractivity contribution in [3.8, 4) is 0 Å². The second-order valence-electron chi connectivity index (χ2n) is 5.64. The number of benzene rings is 2. The summed E-state index contributed by atoms with van der Waals surface area (Å²) in [6.07, 6.45) is 0.635. The molecule has 2 aromatic carbocycles. The Morgan fingerprint density at radius 3 is 1.90 bits per heavy atom. The van der Waals surface area contributed by atoms with Crippen molar-refractivity contribution in [1.82, 2.24) is 0 Å². The van der Waals surface area contributed by atoms with Gasteiger partial charge in [0.1, 0.15) is 11.6 Å². The maximum atomic E-state index is 13.7. The van der Waals surface area contributed by atoms with Gasteiger partial charge in [0.25, 0.3) is 0 Å². The molecule has 0 saturated carbocycles. The van der Waals surface area contributed by atoms with Crippen LogP contribution in [-0.4, -0.2) is 0 Å². The van der Waals surface area contributed by atoms with Crippen LogP contribution in [0.2, 0.25) is 0 Å². The minimum Gasteiger partial charge on any atom is -0.207 e. The van der Waals surface area contributed by atoms with Gasteiger partial charge < -0.3 is 0 Å². The van der Waals surface area contributed by atoms with E-state index < -0.39 is 11.6 Å². The Morgan fingerprint density at radius 2 is 1.40 bits per heavy atom. The second kappa shape index (κ2) is 6.17. The van der Waals surface area contributed by atoms with E-state index >= 15 is 0 Å². The largest absolute Gasteiger partial charge is 0.207 e. The van der Waals surface area contributed by atoms with Gasteiger partial charge in [-0.05, 0) is 41.5 Å². The van der Waals surface area contributed by atoms with E-state index in [0.717, 1.165) is 5.56 Å². The Bertz CT molecular complexity index is 550. The van der Waals surface area contributed by atoms with E-state index in [0.29, 0.717) is 12.3 Å². The number of halogens is 2. The average Bonchev–Trinajstić information content (AvgIpc) is 2.39. The van der Waals surface area contributed by atoms with Gasteiger partial charge in [-0.25, -0.2) is 8.78 Å². The lowest BCUT2D eigenvalue weighted by molar-refractivity contribution is 0.531. The van der Waals surface area contributed by atoms with Gasteiger partial charge in [0.05, 0.1) is 0 Å². The van der Waals surface area contributed by atoms with Crippen LogP contribution in [0.1, 0.15) is 49.3 Å². The molecular weight excluding hydrogens is 254 g/mol. The summed E-state index contributed by atoms with van der Waals surface area (Å²) in [5.74, 6) is -0.612. The zero-order valence-corrected chi connectivity index (χ0v) is 12.2. The van der Waals surface area contributed by atoms with Gasteiger partial charge in [-0.2, -0.15) is 0 Å². The molecule has 2 rings (SSSR count). The molecule has 106 valence electrons. The van der Waals surface area contributed by atoms with Gasteiger partial charge in [0, 0.05) is 5.56 Å². The van der Waals surface area contributed by atoms with Crippen LogP contribution in [0.25, 0.3) is 0 Å². The molecule has 0 amide bonds. The maximum Gasteiger partial charge on any atom is 0.129 e. The van der Waals surface area contributed by atoms with Crippen molar-refractivity contribution in [1.29, 1.82) is 0 Å². The summed E-state index contributed by atoms with van der Waals surface area (Å²) in [7, 11) is 0. The topological polar surface area (TPSA) is 0 Å². The monoisotopic (exact) mass is 274 g/mol. The quantitative estimate of drug-likeness (QED) is 0.697. The lowest BCUT2D eigenvalue weighted by atomic mass is 9.91. The molecule has 1 atom stereocenters. The van der Waals surface area contributed by atoms with Crippen LogP contribution in [0.15, 0.2) is 42.5 Å². The van der Waals surface area contributed by atoms with Gasteiger partial charge in [0.15, 0.2) is 0 Å². The molecule has 0 saturated heterocycles. The van der Waals surface area contributed by atoms with Crippen LogP contribution in [-0.2, 0) is 6.42 Å². The first-order chi connectivity index (χ1) is 9.49. The molecule has 0 aliphatic carbocycles. The standard InChI is InChI=1S/C18H20F2/c1-12(2)15-9-7-14(8-10-15)11-13(3)18-16(19)5-4-6-17(18)20/h4-10,12-13H,11H2,1-3H3. The molecule has 0 radical (unpaired) electrons. The Hall–Kier alpha value is -1.70. The Balaban J connectivity index is 2.17. The summed E-state index contributed by atoms with van der Waals surface area (Å²) >= 11 is 0. The molecule has 2 aromatic rings. The molecule has 0 heterocycles. The molecule has 0 aliphatic heterocycles. The summed E-state index contributed by atoms with van der Waals surface area (Å²) in [4.78, 5) is 0. The first-order valence-electron chi connectivity index (χ1n) is 7.01. The molecule has 0 nitrogen and oxygen atoms in total. The molecular formula is C18H20F2. The first kappa shape index (κ1) is 14.7. The molecule has 0 aromatic heterocycles. The summed E-state index contributed by atoms with van der Waals surface area (Å²) in [6, 6.07) is 12.3. The normalized spacial score (nSPS) is 12.7. The third-order valence-corrected chi connectivity index (χ3v) is 3.68. The highest BCUT2D eigenvalue weighted by atomic mass is 19.1. The molecule has 0 N–H and O–H groups in total. The minimum absolute atomic E-state index is 0.180. The van der Waals surface area contributed by atoms with Crippen molar-refractivity contribution in [2.75, 3.05) is 0 Å². The molecule has 0 spiro atoms. The van der Waals surface area contributed by atoms with Crippen molar-refractivity contribution >= 4 is 0 Å². The number of rotatable bonds is 4. The highest BCUT2D eigenvalue weighted by molar-refractivity contribution is 5.29. The zero-order chi connectivity index (χ0) is 14.7. The van der Waals surface area contributed by atoms with E-state index in [2.05, 4.69) is 26.0 Å². The molecule has 20 heavy (non-hydrogen) atoms. The van der Waals surface area contributed by atoms with Gasteiger partial charge in [-0.3, -0.25) is 0 Å². The maximum absolute atomic E-state index is 13.7. The Labute approximate surface area is 119 Å². The molecule has 0 aliphatic rings. The van der Waals surface area contributed by atoms with Gasteiger partial charge >= 0.3 is 0 Å². The van der Waals surface area contributed by atoms with Crippen molar-refractivity contribution < 1.29 is 8.78 Å². The summed E-state index contributed by atoms with van der Waals surface area (Å²) in [5.41, 5.74) is 2.56. The van der Waals surface area contributed by atoms with Crippen molar-refractivity contribution in [3.63, 3.8) is 0 Å².